The lowest BCUT2D eigenvalue weighted by Gasteiger charge is -2.27. The third kappa shape index (κ3) is 6.26. The molecule has 0 unspecified atom stereocenters. The lowest BCUT2D eigenvalue weighted by atomic mass is 10.1. The van der Waals surface area contributed by atoms with Crippen LogP contribution in [0.1, 0.15) is 43.9 Å². The van der Waals surface area contributed by atoms with Gasteiger partial charge in [0.1, 0.15) is 12.3 Å². The van der Waals surface area contributed by atoms with E-state index in [1.165, 1.54) is 0 Å². The fourth-order valence-electron chi connectivity index (χ4n) is 3.59. The van der Waals surface area contributed by atoms with Gasteiger partial charge in [-0.25, -0.2) is 0 Å². The number of rotatable bonds is 12. The van der Waals surface area contributed by atoms with Crippen LogP contribution in [0.3, 0.4) is 0 Å². The maximum atomic E-state index is 13.2. The van der Waals surface area contributed by atoms with Crippen molar-refractivity contribution in [1.29, 1.82) is 0 Å². The zero-order chi connectivity index (χ0) is 22.2. The van der Waals surface area contributed by atoms with E-state index in [1.54, 1.807) is 30.3 Å². The second-order valence-electron chi connectivity index (χ2n) is 7.84. The third-order valence-electron chi connectivity index (χ3n) is 5.48. The lowest BCUT2D eigenvalue weighted by molar-refractivity contribution is -0.141. The Bertz CT molecular complexity index is 861. The number of furan rings is 1. The van der Waals surface area contributed by atoms with Crippen LogP contribution in [-0.2, 0) is 22.6 Å². The van der Waals surface area contributed by atoms with Crippen molar-refractivity contribution in [3.63, 3.8) is 0 Å². The molecule has 1 aliphatic carbocycles. The van der Waals surface area contributed by atoms with Gasteiger partial charge in [0.05, 0.1) is 27.0 Å². The van der Waals surface area contributed by atoms with Crippen LogP contribution < -0.4 is 9.47 Å². The molecule has 0 radical (unpaired) electrons. The number of ether oxygens (including phenoxy) is 2. The van der Waals surface area contributed by atoms with Crippen LogP contribution in [0.5, 0.6) is 11.5 Å². The summed E-state index contributed by atoms with van der Waals surface area (Å²) in [6, 6.07) is 9.64. The minimum absolute atomic E-state index is 0.0618. The molecule has 1 fully saturated rings. The third-order valence-corrected chi connectivity index (χ3v) is 5.48. The molecule has 1 aliphatic rings. The molecular formula is C24H32N2O5. The van der Waals surface area contributed by atoms with Gasteiger partial charge in [-0.15, -0.1) is 0 Å². The van der Waals surface area contributed by atoms with Gasteiger partial charge >= 0.3 is 0 Å². The normalized spacial score (nSPS) is 13.0. The molecular weight excluding hydrogens is 396 g/mol. The van der Waals surface area contributed by atoms with E-state index in [4.69, 9.17) is 13.9 Å². The first kappa shape index (κ1) is 22.7. The molecule has 0 N–H and O–H groups in total. The summed E-state index contributed by atoms with van der Waals surface area (Å²) < 4.78 is 16.2. The molecule has 0 saturated heterocycles. The minimum Gasteiger partial charge on any atom is -0.493 e. The summed E-state index contributed by atoms with van der Waals surface area (Å²) in [7, 11) is 3.21. The van der Waals surface area contributed by atoms with Crippen molar-refractivity contribution in [3.05, 3.63) is 47.9 Å². The molecule has 168 valence electrons. The van der Waals surface area contributed by atoms with Crippen molar-refractivity contribution in [3.8, 4) is 11.5 Å². The van der Waals surface area contributed by atoms with E-state index < -0.39 is 0 Å². The van der Waals surface area contributed by atoms with Crippen LogP contribution >= 0.6 is 0 Å². The van der Waals surface area contributed by atoms with Crippen LogP contribution in [0.4, 0.5) is 0 Å². The Morgan fingerprint density at radius 1 is 1.10 bits per heavy atom. The summed E-state index contributed by atoms with van der Waals surface area (Å²) in [4.78, 5) is 29.3. The number of carbonyl (C=O) groups is 2. The standard InChI is InChI=1S/C24H32N2O5/c1-4-6-23(27)26(19-9-10-19)17-24(28)25(16-20-7-5-14-31-20)13-12-18-8-11-21(29-2)22(15-18)30-3/h5,7-8,11,14-15,19H,4,6,9-10,12-13,16-17H2,1-3H3. The molecule has 7 nitrogen and oxygen atoms in total. The van der Waals surface area contributed by atoms with Gasteiger partial charge in [-0.05, 0) is 55.5 Å². The predicted molar refractivity (Wildman–Crippen MR) is 117 cm³/mol. The Morgan fingerprint density at radius 3 is 2.48 bits per heavy atom. The number of hydrogen-bond acceptors (Lipinski definition) is 5. The van der Waals surface area contributed by atoms with E-state index >= 15 is 0 Å². The van der Waals surface area contributed by atoms with Crippen molar-refractivity contribution in [2.45, 2.75) is 51.6 Å². The van der Waals surface area contributed by atoms with Gasteiger partial charge in [-0.3, -0.25) is 9.59 Å². The lowest BCUT2D eigenvalue weighted by Crippen LogP contribution is -2.44. The SMILES string of the molecule is CCCC(=O)N(CC(=O)N(CCc1ccc(OC)c(OC)c1)Cc1ccco1)C1CC1. The zero-order valence-electron chi connectivity index (χ0n) is 18.6. The first-order valence-electron chi connectivity index (χ1n) is 10.9. The van der Waals surface area contributed by atoms with Crippen molar-refractivity contribution < 1.29 is 23.5 Å². The van der Waals surface area contributed by atoms with Crippen molar-refractivity contribution in [1.82, 2.24) is 9.80 Å². The molecule has 0 spiro atoms. The van der Waals surface area contributed by atoms with E-state index in [1.807, 2.05) is 37.3 Å². The van der Waals surface area contributed by atoms with Crippen LogP contribution in [0.25, 0.3) is 0 Å². The first-order valence-corrected chi connectivity index (χ1v) is 10.9. The Hall–Kier alpha value is -2.96. The Morgan fingerprint density at radius 2 is 1.87 bits per heavy atom. The maximum absolute atomic E-state index is 13.2. The number of hydrogen-bond donors (Lipinski definition) is 0. The molecule has 0 atom stereocenters. The molecule has 1 aromatic heterocycles. The van der Waals surface area contributed by atoms with Gasteiger partial charge in [0.15, 0.2) is 11.5 Å². The molecule has 0 bridgehead atoms. The molecule has 0 aliphatic heterocycles. The number of carbonyl (C=O) groups excluding carboxylic acids is 2. The topological polar surface area (TPSA) is 72.2 Å². The molecule has 7 heteroatoms. The average Bonchev–Trinajstić information content (AvgIpc) is 3.49. The predicted octanol–water partition coefficient (Wildman–Crippen LogP) is 3.66. The summed E-state index contributed by atoms with van der Waals surface area (Å²) in [5.41, 5.74) is 1.04. The van der Waals surface area contributed by atoms with Gasteiger partial charge in [0, 0.05) is 19.0 Å². The Kier molecular flexibility index (Phi) is 7.98. The van der Waals surface area contributed by atoms with E-state index in [0.29, 0.717) is 37.4 Å². The number of nitrogens with zero attached hydrogens (tertiary/aromatic N) is 2. The Labute approximate surface area is 183 Å². The highest BCUT2D eigenvalue weighted by atomic mass is 16.5. The Balaban J connectivity index is 1.70. The average molecular weight is 429 g/mol. The van der Waals surface area contributed by atoms with Gasteiger partial charge in [-0.2, -0.15) is 0 Å². The minimum atomic E-state index is -0.0618. The summed E-state index contributed by atoms with van der Waals surface area (Å²) in [5.74, 6) is 2.06. The number of benzene rings is 1. The van der Waals surface area contributed by atoms with E-state index in [9.17, 15) is 9.59 Å². The smallest absolute Gasteiger partial charge is 0.242 e. The van der Waals surface area contributed by atoms with Crippen LogP contribution in [0.15, 0.2) is 41.0 Å². The summed E-state index contributed by atoms with van der Waals surface area (Å²) in [6.45, 7) is 2.99. The fourth-order valence-corrected chi connectivity index (χ4v) is 3.59. The maximum Gasteiger partial charge on any atom is 0.242 e. The van der Waals surface area contributed by atoms with E-state index in [-0.39, 0.29) is 24.4 Å². The van der Waals surface area contributed by atoms with Crippen LogP contribution in [0, 0.1) is 0 Å². The fraction of sp³-hybridized carbons (Fsp3) is 0.500. The molecule has 1 aromatic carbocycles. The number of amides is 2. The van der Waals surface area contributed by atoms with Crippen LogP contribution in [0.2, 0.25) is 0 Å². The molecule has 1 saturated carbocycles. The van der Waals surface area contributed by atoms with Crippen molar-refractivity contribution in [2.75, 3.05) is 27.3 Å². The quantitative estimate of drug-likeness (QED) is 0.516. The number of methoxy groups -OCH3 is 2. The van der Waals surface area contributed by atoms with Gasteiger partial charge in [0.2, 0.25) is 11.8 Å². The van der Waals surface area contributed by atoms with E-state index in [0.717, 1.165) is 30.6 Å². The van der Waals surface area contributed by atoms with Gasteiger partial charge in [0.25, 0.3) is 0 Å². The van der Waals surface area contributed by atoms with Crippen LogP contribution in [-0.4, -0.2) is 55.0 Å². The second kappa shape index (κ2) is 10.9. The molecule has 2 aromatic rings. The first-order chi connectivity index (χ1) is 15.0. The van der Waals surface area contributed by atoms with Crippen molar-refractivity contribution >= 4 is 11.8 Å². The molecule has 31 heavy (non-hydrogen) atoms. The summed E-state index contributed by atoms with van der Waals surface area (Å²) >= 11 is 0. The highest BCUT2D eigenvalue weighted by Crippen LogP contribution is 2.29. The largest absolute Gasteiger partial charge is 0.493 e. The molecule has 1 heterocycles. The van der Waals surface area contributed by atoms with E-state index in [2.05, 4.69) is 0 Å². The van der Waals surface area contributed by atoms with Gasteiger partial charge in [-0.1, -0.05) is 13.0 Å². The monoisotopic (exact) mass is 428 g/mol. The zero-order valence-corrected chi connectivity index (χ0v) is 18.6. The summed E-state index contributed by atoms with van der Waals surface area (Å²) in [5, 5.41) is 0. The molecule has 2 amide bonds. The van der Waals surface area contributed by atoms with Gasteiger partial charge < -0.3 is 23.7 Å². The van der Waals surface area contributed by atoms with Crippen molar-refractivity contribution in [2.24, 2.45) is 0 Å². The second-order valence-corrected chi connectivity index (χ2v) is 7.84. The molecule has 3 rings (SSSR count). The summed E-state index contributed by atoms with van der Waals surface area (Å²) in [6.07, 6.45) is 5.48. The highest BCUT2D eigenvalue weighted by Gasteiger charge is 2.34. The highest BCUT2D eigenvalue weighted by molar-refractivity contribution is 5.85.